The summed E-state index contributed by atoms with van der Waals surface area (Å²) in [6, 6.07) is -0.121. The molecule has 1 aliphatic heterocycles. The molecule has 0 aromatic rings. The Morgan fingerprint density at radius 1 is 1.75 bits per heavy atom. The zero-order valence-electron chi connectivity index (χ0n) is 6.56. The second-order valence-electron chi connectivity index (χ2n) is 2.70. The second-order valence-corrected chi connectivity index (χ2v) is 2.70. The number of likely N-dealkylation sites (tertiary alicyclic amines) is 1. The van der Waals surface area contributed by atoms with E-state index in [2.05, 4.69) is 4.99 Å². The van der Waals surface area contributed by atoms with Gasteiger partial charge in [0.05, 0.1) is 12.6 Å². The number of hydrogen-bond donors (Lipinski definition) is 1. The van der Waals surface area contributed by atoms with Gasteiger partial charge in [-0.3, -0.25) is 0 Å². The van der Waals surface area contributed by atoms with E-state index >= 15 is 0 Å². The predicted octanol–water partition coefficient (Wildman–Crippen LogP) is 0.465. The van der Waals surface area contributed by atoms with Gasteiger partial charge < -0.3 is 10.0 Å². The predicted molar refractivity (Wildman–Crippen MR) is 40.7 cm³/mol. The van der Waals surface area contributed by atoms with Gasteiger partial charge in [0.15, 0.2) is 0 Å². The van der Waals surface area contributed by atoms with Gasteiger partial charge in [-0.1, -0.05) is 0 Å². The van der Waals surface area contributed by atoms with Crippen LogP contribution in [0.4, 0.5) is 4.79 Å². The molecule has 1 atom stereocenters. The molecule has 12 heavy (non-hydrogen) atoms. The van der Waals surface area contributed by atoms with Crippen molar-refractivity contribution in [1.29, 1.82) is 0 Å². The summed E-state index contributed by atoms with van der Waals surface area (Å²) in [6.45, 7) is 0.796. The van der Waals surface area contributed by atoms with E-state index in [1.807, 2.05) is 0 Å². The minimum Gasteiger partial charge on any atom is -0.465 e. The molecule has 1 aliphatic rings. The molecule has 0 aromatic carbocycles. The monoisotopic (exact) mass is 170 g/mol. The number of nitrogens with zero attached hydrogens (tertiary/aromatic N) is 2. The second kappa shape index (κ2) is 3.88. The molecule has 5 heteroatoms. The first kappa shape index (κ1) is 8.74. The molecule has 0 radical (unpaired) electrons. The Hall–Kier alpha value is -1.35. The summed E-state index contributed by atoms with van der Waals surface area (Å²) < 4.78 is 0. The smallest absolute Gasteiger partial charge is 0.407 e. The number of hydrogen-bond acceptors (Lipinski definition) is 3. The molecular weight excluding hydrogens is 160 g/mol. The maximum absolute atomic E-state index is 10.6. The van der Waals surface area contributed by atoms with Crippen LogP contribution in [0, 0.1) is 0 Å². The quantitative estimate of drug-likeness (QED) is 0.483. The first-order valence-electron chi connectivity index (χ1n) is 3.79. The molecule has 1 N–H and O–H groups in total. The molecule has 1 amide bonds. The van der Waals surface area contributed by atoms with Crippen LogP contribution in [0.1, 0.15) is 12.8 Å². The SMILES string of the molecule is O=C=NC[C@@H]1CCCN1C(=O)O. The van der Waals surface area contributed by atoms with Crippen molar-refractivity contribution >= 4 is 12.2 Å². The lowest BCUT2D eigenvalue weighted by Crippen LogP contribution is -2.35. The van der Waals surface area contributed by atoms with Crippen molar-refractivity contribution in [3.05, 3.63) is 0 Å². The lowest BCUT2D eigenvalue weighted by Gasteiger charge is -2.18. The van der Waals surface area contributed by atoms with Crippen molar-refractivity contribution in [3.8, 4) is 0 Å². The van der Waals surface area contributed by atoms with Crippen LogP contribution in [0.3, 0.4) is 0 Å². The molecule has 0 unspecified atom stereocenters. The fourth-order valence-corrected chi connectivity index (χ4v) is 1.42. The van der Waals surface area contributed by atoms with E-state index < -0.39 is 6.09 Å². The molecule has 0 aromatic heterocycles. The van der Waals surface area contributed by atoms with Gasteiger partial charge in [-0.15, -0.1) is 0 Å². The highest BCUT2D eigenvalue weighted by Crippen LogP contribution is 2.16. The molecule has 0 saturated carbocycles. The van der Waals surface area contributed by atoms with Crippen LogP contribution in [0.25, 0.3) is 0 Å². The van der Waals surface area contributed by atoms with Gasteiger partial charge >= 0.3 is 6.09 Å². The number of amides is 1. The highest BCUT2D eigenvalue weighted by Gasteiger charge is 2.27. The van der Waals surface area contributed by atoms with Gasteiger partial charge in [0.1, 0.15) is 0 Å². The van der Waals surface area contributed by atoms with Crippen molar-refractivity contribution in [1.82, 2.24) is 4.90 Å². The van der Waals surface area contributed by atoms with Crippen molar-refractivity contribution in [3.63, 3.8) is 0 Å². The number of isocyanates is 1. The van der Waals surface area contributed by atoms with Crippen molar-refractivity contribution in [2.75, 3.05) is 13.1 Å². The van der Waals surface area contributed by atoms with Crippen molar-refractivity contribution in [2.45, 2.75) is 18.9 Å². The van der Waals surface area contributed by atoms with Crippen LogP contribution < -0.4 is 0 Å². The van der Waals surface area contributed by atoms with Crippen LogP contribution in [0.2, 0.25) is 0 Å². The first-order chi connectivity index (χ1) is 5.75. The summed E-state index contributed by atoms with van der Waals surface area (Å²) >= 11 is 0. The zero-order chi connectivity index (χ0) is 8.97. The highest BCUT2D eigenvalue weighted by atomic mass is 16.4. The summed E-state index contributed by atoms with van der Waals surface area (Å²) in [4.78, 5) is 25.0. The van der Waals surface area contributed by atoms with E-state index in [-0.39, 0.29) is 12.6 Å². The minimum atomic E-state index is -0.932. The normalized spacial score (nSPS) is 22.0. The molecule has 0 aliphatic carbocycles. The summed E-state index contributed by atoms with van der Waals surface area (Å²) in [5.41, 5.74) is 0. The van der Waals surface area contributed by atoms with E-state index in [1.54, 1.807) is 0 Å². The summed E-state index contributed by atoms with van der Waals surface area (Å²) in [5.74, 6) is 0. The van der Waals surface area contributed by atoms with Gasteiger partial charge in [0.2, 0.25) is 6.08 Å². The molecule has 1 rings (SSSR count). The maximum Gasteiger partial charge on any atom is 0.407 e. The Balaban J connectivity index is 2.51. The number of carboxylic acid groups (broad SMARTS) is 1. The van der Waals surface area contributed by atoms with Crippen LogP contribution in [-0.4, -0.2) is 41.3 Å². The Kier molecular flexibility index (Phi) is 2.82. The van der Waals surface area contributed by atoms with Gasteiger partial charge in [0, 0.05) is 6.54 Å². The first-order valence-corrected chi connectivity index (χ1v) is 3.79. The highest BCUT2D eigenvalue weighted by molar-refractivity contribution is 5.65. The lowest BCUT2D eigenvalue weighted by atomic mass is 10.2. The molecule has 0 spiro atoms. The standard InChI is InChI=1S/C7H10N2O3/c10-5-8-4-6-2-1-3-9(6)7(11)12/h6H,1-4H2,(H,11,12)/t6-/m0/s1. The largest absolute Gasteiger partial charge is 0.465 e. The Bertz CT molecular complexity index is 223. The van der Waals surface area contributed by atoms with Gasteiger partial charge in [-0.25, -0.2) is 14.6 Å². The lowest BCUT2D eigenvalue weighted by molar-refractivity contribution is 0.141. The van der Waals surface area contributed by atoms with Crippen molar-refractivity contribution < 1.29 is 14.7 Å². The number of carbonyl (C=O) groups excluding carboxylic acids is 1. The summed E-state index contributed by atoms with van der Waals surface area (Å²) in [6.07, 6.45) is 2.12. The average molecular weight is 170 g/mol. The number of aliphatic imine (C=N–C) groups is 1. The third-order valence-electron chi connectivity index (χ3n) is 1.99. The van der Waals surface area contributed by atoms with Crippen LogP contribution in [-0.2, 0) is 4.79 Å². The third-order valence-corrected chi connectivity index (χ3v) is 1.99. The molecule has 66 valence electrons. The Morgan fingerprint density at radius 3 is 3.08 bits per heavy atom. The fourth-order valence-electron chi connectivity index (χ4n) is 1.42. The third kappa shape index (κ3) is 1.83. The maximum atomic E-state index is 10.6. The molecule has 1 heterocycles. The van der Waals surface area contributed by atoms with Gasteiger partial charge in [-0.2, -0.15) is 0 Å². The molecule has 1 saturated heterocycles. The van der Waals surface area contributed by atoms with E-state index in [0.29, 0.717) is 6.54 Å². The zero-order valence-corrected chi connectivity index (χ0v) is 6.56. The topological polar surface area (TPSA) is 70.0 Å². The molecule has 1 fully saturated rings. The minimum absolute atomic E-state index is 0.121. The Labute approximate surface area is 69.7 Å². The van der Waals surface area contributed by atoms with E-state index in [4.69, 9.17) is 5.11 Å². The van der Waals surface area contributed by atoms with E-state index in [9.17, 15) is 9.59 Å². The van der Waals surface area contributed by atoms with Crippen molar-refractivity contribution in [2.24, 2.45) is 4.99 Å². The number of carbonyl (C=O) groups is 1. The van der Waals surface area contributed by atoms with E-state index in [0.717, 1.165) is 12.8 Å². The summed E-state index contributed by atoms with van der Waals surface area (Å²) in [7, 11) is 0. The van der Waals surface area contributed by atoms with Crippen LogP contribution in [0.15, 0.2) is 4.99 Å². The van der Waals surface area contributed by atoms with Gasteiger partial charge in [-0.05, 0) is 12.8 Å². The van der Waals surface area contributed by atoms with E-state index in [1.165, 1.54) is 11.0 Å². The van der Waals surface area contributed by atoms with Gasteiger partial charge in [0.25, 0.3) is 0 Å². The van der Waals surface area contributed by atoms with Crippen LogP contribution >= 0.6 is 0 Å². The summed E-state index contributed by atoms with van der Waals surface area (Å²) in [5, 5.41) is 8.67. The molecular formula is C7H10N2O3. The molecule has 0 bridgehead atoms. The Morgan fingerprint density at radius 2 is 2.50 bits per heavy atom. The van der Waals surface area contributed by atoms with Crippen LogP contribution in [0.5, 0.6) is 0 Å². The number of rotatable bonds is 2. The average Bonchev–Trinajstić information content (AvgIpc) is 2.48. The molecule has 5 nitrogen and oxygen atoms in total. The fraction of sp³-hybridized carbons (Fsp3) is 0.714.